The molecule has 0 radical (unpaired) electrons. The summed E-state index contributed by atoms with van der Waals surface area (Å²) in [6.45, 7) is 9.04. The second-order valence-corrected chi connectivity index (χ2v) is 15.1. The second kappa shape index (κ2) is 13.3. The van der Waals surface area contributed by atoms with Crippen molar-refractivity contribution in [3.63, 3.8) is 0 Å². The van der Waals surface area contributed by atoms with E-state index in [2.05, 4.69) is 46.1 Å². The quantitative estimate of drug-likeness (QED) is 0.232. The molecule has 3 aromatic heterocycles. The highest BCUT2D eigenvalue weighted by molar-refractivity contribution is 6.09. The van der Waals surface area contributed by atoms with Gasteiger partial charge in [0.05, 0.1) is 34.8 Å². The SMILES string of the molecule is CC[C@@H](O)C(=O)N1CCC2(CC1)C(=O)N([C@H]1C[C@@H](N3CCCCC3)C1)c1cc(-c3cc4ncn(C(C)C)c4c(Nc4ccncc4F)n3)ccc12. The molecule has 1 atom stereocenters. The van der Waals surface area contributed by atoms with Crippen molar-refractivity contribution in [3.8, 4) is 11.3 Å². The smallest absolute Gasteiger partial charge is 0.251 e. The Bertz CT molecular complexity index is 1960. The molecule has 2 amide bonds. The molecule has 6 heterocycles. The number of rotatable bonds is 8. The number of carbonyl (C=O) groups is 2. The molecule has 1 saturated carbocycles. The van der Waals surface area contributed by atoms with Gasteiger partial charge >= 0.3 is 0 Å². The van der Waals surface area contributed by atoms with Gasteiger partial charge in [0.2, 0.25) is 5.91 Å². The summed E-state index contributed by atoms with van der Waals surface area (Å²) in [6.07, 6.45) is 10.5. The average Bonchev–Trinajstić information content (AvgIpc) is 3.66. The number of hydrogen-bond acceptors (Lipinski definition) is 8. The molecule has 3 aliphatic heterocycles. The summed E-state index contributed by atoms with van der Waals surface area (Å²) in [6, 6.07) is 10.4. The van der Waals surface area contributed by atoms with Gasteiger partial charge < -0.3 is 29.7 Å². The van der Waals surface area contributed by atoms with Crippen molar-refractivity contribution < 1.29 is 19.1 Å². The van der Waals surface area contributed by atoms with Crippen LogP contribution in [0.3, 0.4) is 0 Å². The number of anilines is 3. The Morgan fingerprint density at radius 3 is 2.53 bits per heavy atom. The highest BCUT2D eigenvalue weighted by Crippen LogP contribution is 2.52. The van der Waals surface area contributed by atoms with Crippen LogP contribution >= 0.6 is 0 Å². The monoisotopic (exact) mass is 694 g/mol. The Labute approximate surface area is 297 Å². The number of nitrogens with one attached hydrogen (secondary N) is 1. The number of imidazole rings is 1. The number of aromatic nitrogens is 4. The van der Waals surface area contributed by atoms with Crippen LogP contribution < -0.4 is 10.2 Å². The van der Waals surface area contributed by atoms with E-state index in [1.807, 2.05) is 16.7 Å². The Morgan fingerprint density at radius 2 is 1.82 bits per heavy atom. The second-order valence-electron chi connectivity index (χ2n) is 15.1. The minimum Gasteiger partial charge on any atom is -0.383 e. The number of pyridine rings is 2. The van der Waals surface area contributed by atoms with Crippen LogP contribution in [0.2, 0.25) is 0 Å². The van der Waals surface area contributed by atoms with Crippen molar-refractivity contribution in [1.29, 1.82) is 0 Å². The highest BCUT2D eigenvalue weighted by Gasteiger charge is 2.56. The van der Waals surface area contributed by atoms with E-state index in [0.29, 0.717) is 49.9 Å². The highest BCUT2D eigenvalue weighted by atomic mass is 19.1. The summed E-state index contributed by atoms with van der Waals surface area (Å²) < 4.78 is 16.8. The molecule has 12 heteroatoms. The fraction of sp³-hybridized carbons (Fsp3) is 0.513. The Morgan fingerprint density at radius 1 is 1.06 bits per heavy atom. The summed E-state index contributed by atoms with van der Waals surface area (Å²) in [5, 5.41) is 13.5. The average molecular weight is 695 g/mol. The predicted molar refractivity (Wildman–Crippen MR) is 194 cm³/mol. The summed E-state index contributed by atoms with van der Waals surface area (Å²) in [4.78, 5) is 47.7. The molecule has 0 bridgehead atoms. The maximum Gasteiger partial charge on any atom is 0.251 e. The van der Waals surface area contributed by atoms with Gasteiger partial charge in [0.15, 0.2) is 11.6 Å². The maximum absolute atomic E-state index is 14.8. The number of aliphatic hydroxyl groups excluding tert-OH is 1. The number of nitrogens with zero attached hydrogens (tertiary/aromatic N) is 7. The van der Waals surface area contributed by atoms with Crippen LogP contribution in [0.15, 0.2) is 49.1 Å². The molecule has 1 aromatic carbocycles. The first kappa shape index (κ1) is 33.7. The molecule has 2 saturated heterocycles. The third-order valence-corrected chi connectivity index (χ3v) is 11.8. The lowest BCUT2D eigenvalue weighted by Gasteiger charge is -2.48. The van der Waals surface area contributed by atoms with Crippen molar-refractivity contribution in [1.82, 2.24) is 29.3 Å². The third-order valence-electron chi connectivity index (χ3n) is 11.8. The number of fused-ring (bicyclic) bond motifs is 3. The first-order chi connectivity index (χ1) is 24.7. The number of benzene rings is 1. The molecule has 4 aliphatic rings. The van der Waals surface area contributed by atoms with Gasteiger partial charge in [0.25, 0.3) is 5.91 Å². The lowest BCUT2D eigenvalue weighted by Crippen LogP contribution is -2.58. The molecule has 268 valence electrons. The topological polar surface area (TPSA) is 120 Å². The summed E-state index contributed by atoms with van der Waals surface area (Å²) in [5.41, 5.74) is 4.47. The minimum absolute atomic E-state index is 0.100. The van der Waals surface area contributed by atoms with Crippen molar-refractivity contribution in [2.75, 3.05) is 36.4 Å². The van der Waals surface area contributed by atoms with Crippen LogP contribution in [-0.4, -0.2) is 90.6 Å². The largest absolute Gasteiger partial charge is 0.383 e. The molecule has 2 N–H and O–H groups in total. The summed E-state index contributed by atoms with van der Waals surface area (Å²) in [5.74, 6) is -0.135. The van der Waals surface area contributed by atoms with Crippen LogP contribution in [0, 0.1) is 5.82 Å². The van der Waals surface area contributed by atoms with Crippen LogP contribution in [-0.2, 0) is 15.0 Å². The minimum atomic E-state index is -1.02. The Kier molecular flexibility index (Phi) is 8.78. The number of carbonyl (C=O) groups excluding carboxylic acids is 2. The van der Waals surface area contributed by atoms with Gasteiger partial charge in [-0.1, -0.05) is 25.5 Å². The van der Waals surface area contributed by atoms with Gasteiger partial charge in [-0.05, 0) is 95.6 Å². The van der Waals surface area contributed by atoms with Crippen LogP contribution in [0.4, 0.5) is 21.6 Å². The van der Waals surface area contributed by atoms with Crippen molar-refractivity contribution in [3.05, 3.63) is 60.4 Å². The lowest BCUT2D eigenvalue weighted by atomic mass is 9.73. The first-order valence-corrected chi connectivity index (χ1v) is 18.6. The Balaban J connectivity index is 1.17. The lowest BCUT2D eigenvalue weighted by molar-refractivity contribution is -0.143. The van der Waals surface area contributed by atoms with Crippen LogP contribution in [0.5, 0.6) is 0 Å². The molecule has 11 nitrogen and oxygen atoms in total. The number of likely N-dealkylation sites (tertiary alicyclic amines) is 2. The summed E-state index contributed by atoms with van der Waals surface area (Å²) >= 11 is 0. The fourth-order valence-corrected chi connectivity index (χ4v) is 8.73. The van der Waals surface area contributed by atoms with E-state index in [9.17, 15) is 19.1 Å². The van der Waals surface area contributed by atoms with E-state index in [1.165, 1.54) is 31.7 Å². The molecule has 1 spiro atoms. The van der Waals surface area contributed by atoms with Gasteiger partial charge in [-0.15, -0.1) is 0 Å². The van der Waals surface area contributed by atoms with Crippen molar-refractivity contribution >= 4 is 40.0 Å². The van der Waals surface area contributed by atoms with Crippen molar-refractivity contribution in [2.45, 2.75) is 102 Å². The number of hydrogen-bond donors (Lipinski definition) is 2. The standard InChI is InChI=1S/C39H47FN8O3/c1-4-34(49)37(50)46-16-11-39(12-17-46)28-9-8-25(18-33(28)48(38(39)51)27-19-26(20-27)45-14-6-5-7-15-45)31-21-32-35(47(23-42-32)24(2)3)36(44-31)43-30-10-13-41-22-29(30)40/h8-10,13,18,21-24,26-27,34,49H,4-7,11-12,14-17,19-20H2,1-3H3,(H,41,43,44)/t26-,27+,34-/m1/s1. The van der Waals surface area contributed by atoms with Gasteiger partial charge in [0.1, 0.15) is 11.6 Å². The van der Waals surface area contributed by atoms with E-state index in [1.54, 1.807) is 24.2 Å². The van der Waals surface area contributed by atoms with E-state index < -0.39 is 17.3 Å². The van der Waals surface area contributed by atoms with E-state index in [4.69, 9.17) is 9.97 Å². The van der Waals surface area contributed by atoms with Gasteiger partial charge in [-0.2, -0.15) is 0 Å². The normalized spacial score (nSPS) is 22.4. The van der Waals surface area contributed by atoms with E-state index >= 15 is 0 Å². The molecule has 4 aromatic rings. The molecular weight excluding hydrogens is 647 g/mol. The number of amides is 2. The van der Waals surface area contributed by atoms with Gasteiger partial charge in [-0.3, -0.25) is 14.6 Å². The third kappa shape index (κ3) is 5.76. The zero-order valence-corrected chi connectivity index (χ0v) is 29.7. The zero-order valence-electron chi connectivity index (χ0n) is 29.7. The number of piperidine rings is 2. The molecule has 8 rings (SSSR count). The van der Waals surface area contributed by atoms with Crippen LogP contribution in [0.25, 0.3) is 22.3 Å². The number of halogens is 1. The predicted octanol–water partition coefficient (Wildman–Crippen LogP) is 5.95. The van der Waals surface area contributed by atoms with E-state index in [0.717, 1.165) is 53.8 Å². The number of aliphatic hydroxyl groups is 1. The molecule has 3 fully saturated rings. The van der Waals surface area contributed by atoms with E-state index in [-0.39, 0.29) is 29.6 Å². The maximum atomic E-state index is 14.8. The zero-order chi connectivity index (χ0) is 35.4. The molecular formula is C39H47FN8O3. The molecule has 0 unspecified atom stereocenters. The summed E-state index contributed by atoms with van der Waals surface area (Å²) in [7, 11) is 0. The van der Waals surface area contributed by atoms with Gasteiger partial charge in [-0.25, -0.2) is 14.4 Å². The molecule has 51 heavy (non-hydrogen) atoms. The first-order valence-electron chi connectivity index (χ1n) is 18.6. The Hall–Kier alpha value is -4.42. The fourth-order valence-electron chi connectivity index (χ4n) is 8.73. The van der Waals surface area contributed by atoms with Gasteiger partial charge in [0, 0.05) is 48.7 Å². The van der Waals surface area contributed by atoms with Crippen LogP contribution in [0.1, 0.15) is 83.7 Å². The molecule has 1 aliphatic carbocycles. The van der Waals surface area contributed by atoms with Crippen molar-refractivity contribution in [2.24, 2.45) is 0 Å².